The van der Waals surface area contributed by atoms with E-state index in [0.29, 0.717) is 53.8 Å². The van der Waals surface area contributed by atoms with Gasteiger partial charge >= 0.3 is 11.9 Å². The molecule has 3 aromatic rings. The highest BCUT2D eigenvalue weighted by atomic mass is 16.6. The molecule has 8 nitrogen and oxygen atoms in total. The van der Waals surface area contributed by atoms with Crippen molar-refractivity contribution in [1.82, 2.24) is 0 Å². The molecule has 2 fully saturated rings. The van der Waals surface area contributed by atoms with Crippen molar-refractivity contribution in [1.29, 1.82) is 0 Å². The highest BCUT2D eigenvalue weighted by Crippen LogP contribution is 2.22. The van der Waals surface area contributed by atoms with Crippen LogP contribution in [0.15, 0.2) is 72.8 Å². The van der Waals surface area contributed by atoms with Crippen LogP contribution in [0.5, 0.6) is 23.0 Å². The van der Waals surface area contributed by atoms with Crippen molar-refractivity contribution in [2.45, 2.75) is 63.6 Å². The first kappa shape index (κ1) is 29.6. The normalized spacial score (nSPS) is 16.9. The van der Waals surface area contributed by atoms with Crippen molar-refractivity contribution < 1.29 is 38.0 Å². The quantitative estimate of drug-likeness (QED) is 0.0708. The van der Waals surface area contributed by atoms with E-state index in [1.165, 1.54) is 19.3 Å². The van der Waals surface area contributed by atoms with Gasteiger partial charge in [-0.2, -0.15) is 0 Å². The van der Waals surface area contributed by atoms with Gasteiger partial charge < -0.3 is 28.4 Å². The molecule has 0 bridgehead atoms. The molecule has 2 aliphatic heterocycles. The molecule has 0 aliphatic carbocycles. The van der Waals surface area contributed by atoms with Crippen LogP contribution in [0.4, 0.5) is 0 Å². The molecule has 0 aromatic heterocycles. The molecule has 0 N–H and O–H groups in total. The summed E-state index contributed by atoms with van der Waals surface area (Å²) in [5, 5.41) is 0. The predicted octanol–water partition coefficient (Wildman–Crippen LogP) is 6.80. The number of esters is 2. The maximum absolute atomic E-state index is 12.6. The first-order chi connectivity index (χ1) is 20.6. The van der Waals surface area contributed by atoms with Crippen molar-refractivity contribution >= 4 is 11.9 Å². The number of rotatable bonds is 18. The first-order valence-corrected chi connectivity index (χ1v) is 14.9. The minimum absolute atomic E-state index is 0.346. The summed E-state index contributed by atoms with van der Waals surface area (Å²) >= 11 is 0. The standard InChI is InChI=1S/C34H38O8/c35-33(25-9-13-27(14-10-25)37-21-5-2-1-3-7-31-23-39-31)41-29-17-19-30(20-18-29)42-34(36)26-11-15-28(16-12-26)38-22-6-4-8-32-24-40-32/h9-20,31-32H,1-8,21-24H2. The maximum atomic E-state index is 12.6. The topological polar surface area (TPSA) is 96.1 Å². The van der Waals surface area contributed by atoms with Crippen LogP contribution in [-0.4, -0.2) is 50.6 Å². The van der Waals surface area contributed by atoms with Gasteiger partial charge in [-0.25, -0.2) is 9.59 Å². The Morgan fingerprint density at radius 1 is 0.524 bits per heavy atom. The number of unbranched alkanes of at least 4 members (excludes halogenated alkanes) is 4. The van der Waals surface area contributed by atoms with Crippen molar-refractivity contribution in [3.63, 3.8) is 0 Å². The zero-order chi connectivity index (χ0) is 29.0. The van der Waals surface area contributed by atoms with Gasteiger partial charge in [0.1, 0.15) is 23.0 Å². The number of benzene rings is 3. The van der Waals surface area contributed by atoms with Crippen LogP contribution in [0.25, 0.3) is 0 Å². The van der Waals surface area contributed by atoms with Gasteiger partial charge in [0, 0.05) is 0 Å². The van der Waals surface area contributed by atoms with Crippen LogP contribution >= 0.6 is 0 Å². The van der Waals surface area contributed by atoms with Gasteiger partial charge in [0.15, 0.2) is 0 Å². The molecule has 3 aromatic carbocycles. The number of epoxide rings is 2. The third-order valence-corrected chi connectivity index (χ3v) is 7.11. The zero-order valence-electron chi connectivity index (χ0n) is 23.8. The molecule has 0 amide bonds. The van der Waals surface area contributed by atoms with E-state index < -0.39 is 11.9 Å². The molecule has 8 heteroatoms. The Morgan fingerprint density at radius 3 is 1.31 bits per heavy atom. The van der Waals surface area contributed by atoms with Gasteiger partial charge in [0.25, 0.3) is 0 Å². The molecular formula is C34H38O8. The summed E-state index contributed by atoms with van der Waals surface area (Å²) in [6, 6.07) is 20.1. The van der Waals surface area contributed by atoms with Crippen LogP contribution in [0.3, 0.4) is 0 Å². The third-order valence-electron chi connectivity index (χ3n) is 7.11. The zero-order valence-corrected chi connectivity index (χ0v) is 23.8. The predicted molar refractivity (Wildman–Crippen MR) is 157 cm³/mol. The van der Waals surface area contributed by atoms with Gasteiger partial charge in [0.2, 0.25) is 0 Å². The van der Waals surface area contributed by atoms with Crippen molar-refractivity contribution in [2.75, 3.05) is 26.4 Å². The fourth-order valence-corrected chi connectivity index (χ4v) is 4.43. The molecule has 42 heavy (non-hydrogen) atoms. The first-order valence-electron chi connectivity index (χ1n) is 14.9. The number of carbonyl (C=O) groups excluding carboxylic acids is 2. The molecular weight excluding hydrogens is 536 g/mol. The lowest BCUT2D eigenvalue weighted by Crippen LogP contribution is -2.09. The number of ether oxygens (including phenoxy) is 6. The minimum Gasteiger partial charge on any atom is -0.494 e. The average Bonchev–Trinajstić information content (AvgIpc) is 3.95. The van der Waals surface area contributed by atoms with Crippen molar-refractivity contribution in [3.8, 4) is 23.0 Å². The molecule has 2 unspecified atom stereocenters. The molecule has 2 heterocycles. The van der Waals surface area contributed by atoms with Crippen LogP contribution in [0.1, 0.15) is 72.1 Å². The van der Waals surface area contributed by atoms with Crippen molar-refractivity contribution in [2.24, 2.45) is 0 Å². The Morgan fingerprint density at radius 2 is 0.881 bits per heavy atom. The number of hydrogen-bond acceptors (Lipinski definition) is 8. The van der Waals surface area contributed by atoms with E-state index >= 15 is 0 Å². The Labute approximate surface area is 246 Å². The van der Waals surface area contributed by atoms with E-state index in [1.54, 1.807) is 72.8 Å². The second-order valence-corrected chi connectivity index (χ2v) is 10.6. The van der Waals surface area contributed by atoms with Gasteiger partial charge in [0.05, 0.1) is 49.8 Å². The van der Waals surface area contributed by atoms with E-state index in [9.17, 15) is 9.59 Å². The highest BCUT2D eigenvalue weighted by molar-refractivity contribution is 5.92. The molecule has 2 atom stereocenters. The summed E-state index contributed by atoms with van der Waals surface area (Å²) in [7, 11) is 0. The number of hydrogen-bond donors (Lipinski definition) is 0. The van der Waals surface area contributed by atoms with E-state index in [-0.39, 0.29) is 0 Å². The molecule has 0 saturated carbocycles. The monoisotopic (exact) mass is 574 g/mol. The van der Waals surface area contributed by atoms with Gasteiger partial charge in [-0.3, -0.25) is 0 Å². The molecule has 222 valence electrons. The highest BCUT2D eigenvalue weighted by Gasteiger charge is 2.21. The van der Waals surface area contributed by atoms with Crippen LogP contribution in [0.2, 0.25) is 0 Å². The minimum atomic E-state index is -0.485. The van der Waals surface area contributed by atoms with E-state index in [1.807, 2.05) is 0 Å². The fraction of sp³-hybridized carbons (Fsp3) is 0.412. The van der Waals surface area contributed by atoms with Gasteiger partial charge in [-0.15, -0.1) is 0 Å². The summed E-state index contributed by atoms with van der Waals surface area (Å²) in [4.78, 5) is 25.1. The lowest BCUT2D eigenvalue weighted by atomic mass is 10.1. The summed E-state index contributed by atoms with van der Waals surface area (Å²) in [5.41, 5.74) is 0.830. The Bertz CT molecular complexity index is 1260. The average molecular weight is 575 g/mol. The molecule has 5 rings (SSSR count). The Hall–Kier alpha value is -3.88. The largest absolute Gasteiger partial charge is 0.494 e. The van der Waals surface area contributed by atoms with Crippen LogP contribution in [0, 0.1) is 0 Å². The van der Waals surface area contributed by atoms with Crippen molar-refractivity contribution in [3.05, 3.63) is 83.9 Å². The summed E-state index contributed by atoms with van der Waals surface area (Å²) < 4.78 is 32.9. The van der Waals surface area contributed by atoms with Gasteiger partial charge in [-0.05, 0) is 105 Å². The van der Waals surface area contributed by atoms with E-state index in [0.717, 1.165) is 51.1 Å². The SMILES string of the molecule is O=C(Oc1ccc(OC(=O)c2ccc(OCCCCC3CO3)cc2)cc1)c1ccc(OCCCCCCC2CO2)cc1. The second kappa shape index (κ2) is 15.4. The molecule has 2 aliphatic rings. The molecule has 2 saturated heterocycles. The summed E-state index contributed by atoms with van der Waals surface area (Å²) in [6.07, 6.45) is 9.79. The Balaban J connectivity index is 0.987. The van der Waals surface area contributed by atoms with Gasteiger partial charge in [-0.1, -0.05) is 19.3 Å². The number of carbonyl (C=O) groups is 2. The van der Waals surface area contributed by atoms with Crippen LogP contribution in [-0.2, 0) is 9.47 Å². The van der Waals surface area contributed by atoms with E-state index in [2.05, 4.69) is 0 Å². The third kappa shape index (κ3) is 10.2. The maximum Gasteiger partial charge on any atom is 0.343 e. The molecule has 0 radical (unpaired) electrons. The summed E-state index contributed by atoms with van der Waals surface area (Å²) in [6.45, 7) is 3.10. The smallest absolute Gasteiger partial charge is 0.343 e. The lowest BCUT2D eigenvalue weighted by Gasteiger charge is -2.09. The molecule has 0 spiro atoms. The van der Waals surface area contributed by atoms with Crippen LogP contribution < -0.4 is 18.9 Å². The van der Waals surface area contributed by atoms with E-state index in [4.69, 9.17) is 28.4 Å². The Kier molecular flexibility index (Phi) is 10.8. The fourth-order valence-electron chi connectivity index (χ4n) is 4.43. The summed E-state index contributed by atoms with van der Waals surface area (Å²) in [5.74, 6) is 1.16. The lowest BCUT2D eigenvalue weighted by molar-refractivity contribution is 0.0719. The second-order valence-electron chi connectivity index (χ2n) is 10.6.